The van der Waals surface area contributed by atoms with Crippen molar-refractivity contribution in [2.45, 2.75) is 177 Å². The van der Waals surface area contributed by atoms with Crippen molar-refractivity contribution < 1.29 is 74.5 Å². The van der Waals surface area contributed by atoms with E-state index in [0.717, 1.165) is 0 Å². The highest BCUT2D eigenvalue weighted by atomic mass is 16.7. The lowest BCUT2D eigenvalue weighted by molar-refractivity contribution is -0.302. The summed E-state index contributed by atoms with van der Waals surface area (Å²) >= 11 is 0. The average molecular weight is 892 g/mol. The molecule has 2 bridgehead atoms. The topological polar surface area (TPSA) is 279 Å². The van der Waals surface area contributed by atoms with Gasteiger partial charge in [-0.3, -0.25) is 9.59 Å². The molecule has 0 aliphatic carbocycles. The van der Waals surface area contributed by atoms with Crippen LogP contribution in [0.3, 0.4) is 0 Å². The molecule has 0 saturated carbocycles. The third-order valence-electron chi connectivity index (χ3n) is 11.9. The van der Waals surface area contributed by atoms with E-state index in [1.165, 1.54) is 0 Å². The van der Waals surface area contributed by atoms with Gasteiger partial charge in [0, 0.05) is 30.6 Å². The first-order valence-electron chi connectivity index (χ1n) is 22.0. The number of aliphatic hydroxyl groups excluding tert-OH is 8. The second kappa shape index (κ2) is 26.7. The number of aliphatic hydroxyl groups is 9. The molecular formula is C47H73NO15. The van der Waals surface area contributed by atoms with Crippen molar-refractivity contribution in [2.75, 3.05) is 0 Å². The molecule has 3 aliphatic rings. The molecule has 0 aromatic rings. The number of allylic oxidation sites excluding steroid dienone is 12. The highest BCUT2D eigenvalue weighted by molar-refractivity contribution is 5.83. The van der Waals surface area contributed by atoms with Gasteiger partial charge >= 0.3 is 5.97 Å². The van der Waals surface area contributed by atoms with Gasteiger partial charge in [0.25, 0.3) is 0 Å². The molecule has 0 amide bonds. The molecule has 0 radical (unpaired) electrons. The number of ether oxygens (including phenoxy) is 4. The Hall–Kier alpha value is -3.20. The fourth-order valence-electron chi connectivity index (χ4n) is 7.66. The number of ketones is 1. The number of hydrogen-bond donors (Lipinski definition) is 10. The summed E-state index contributed by atoms with van der Waals surface area (Å²) in [6.07, 6.45) is 8.58. The number of cyclic esters (lactones) is 1. The molecule has 2 saturated heterocycles. The van der Waals surface area contributed by atoms with E-state index in [2.05, 4.69) is 0 Å². The molecule has 11 N–H and O–H groups in total. The van der Waals surface area contributed by atoms with E-state index in [-0.39, 0.29) is 44.4 Å². The maximum Gasteiger partial charge on any atom is 0.308 e. The minimum atomic E-state index is -2.18. The van der Waals surface area contributed by atoms with Crippen LogP contribution < -0.4 is 5.73 Å². The molecule has 63 heavy (non-hydrogen) atoms. The number of fused-ring (bicyclic) bond motifs is 2. The Bertz CT molecular complexity index is 1610. The van der Waals surface area contributed by atoms with Gasteiger partial charge in [0.2, 0.25) is 0 Å². The molecule has 0 spiro atoms. The number of Topliss-reactive ketones (excluding diaryl/α,β-unsaturated/α-hetero) is 1. The van der Waals surface area contributed by atoms with Crippen molar-refractivity contribution in [3.63, 3.8) is 0 Å². The quantitative estimate of drug-likeness (QED) is 0.177. The van der Waals surface area contributed by atoms with Gasteiger partial charge < -0.3 is 70.6 Å². The maximum absolute atomic E-state index is 13.2. The largest absolute Gasteiger partial charge is 0.462 e. The molecule has 8 unspecified atom stereocenters. The molecule has 3 heterocycles. The van der Waals surface area contributed by atoms with Crippen LogP contribution in [0.4, 0.5) is 0 Å². The van der Waals surface area contributed by atoms with E-state index in [0.29, 0.717) is 0 Å². The third-order valence-corrected chi connectivity index (χ3v) is 11.9. The van der Waals surface area contributed by atoms with Crippen LogP contribution in [0.5, 0.6) is 0 Å². The van der Waals surface area contributed by atoms with E-state index in [1.54, 1.807) is 58.1 Å². The number of carbonyl (C=O) groups excluding carboxylic acids is 2. The summed E-state index contributed by atoms with van der Waals surface area (Å²) in [7, 11) is 0. The second-order valence-electron chi connectivity index (χ2n) is 17.4. The van der Waals surface area contributed by atoms with E-state index >= 15 is 0 Å². The fourth-order valence-corrected chi connectivity index (χ4v) is 7.66. The lowest BCUT2D eigenvalue weighted by atomic mass is 9.84. The van der Waals surface area contributed by atoms with Gasteiger partial charge in [0.05, 0.1) is 73.8 Å². The Kier molecular flexibility index (Phi) is 22.9. The molecule has 3 aliphatic heterocycles. The summed E-state index contributed by atoms with van der Waals surface area (Å²) in [5, 5.41) is 96.9. The van der Waals surface area contributed by atoms with Crippen LogP contribution in [0.2, 0.25) is 0 Å². The summed E-state index contributed by atoms with van der Waals surface area (Å²) in [5.41, 5.74) is 6.05. The van der Waals surface area contributed by atoms with Crippen molar-refractivity contribution in [1.82, 2.24) is 0 Å². The van der Waals surface area contributed by atoms with Gasteiger partial charge in [-0.1, -0.05) is 106 Å². The fraction of sp³-hybridized carbons (Fsp3) is 0.660. The van der Waals surface area contributed by atoms with Crippen LogP contribution in [0.25, 0.3) is 0 Å². The first kappa shape index (κ1) is 54.1. The van der Waals surface area contributed by atoms with Crippen LogP contribution in [0.15, 0.2) is 85.1 Å². The Morgan fingerprint density at radius 2 is 1.21 bits per heavy atom. The number of carbonyl (C=O) groups is 2. The smallest absolute Gasteiger partial charge is 0.308 e. The highest BCUT2D eigenvalue weighted by Crippen LogP contribution is 2.37. The zero-order valence-electron chi connectivity index (χ0n) is 37.1. The Morgan fingerprint density at radius 3 is 1.81 bits per heavy atom. The second-order valence-corrected chi connectivity index (χ2v) is 17.4. The zero-order valence-corrected chi connectivity index (χ0v) is 37.1. The van der Waals surface area contributed by atoms with Crippen molar-refractivity contribution in [3.8, 4) is 0 Å². The molecule has 16 nitrogen and oxygen atoms in total. The molecule has 18 atom stereocenters. The van der Waals surface area contributed by atoms with Gasteiger partial charge in [0.15, 0.2) is 17.9 Å². The minimum absolute atomic E-state index is 0.0131. The van der Waals surface area contributed by atoms with Crippen LogP contribution >= 0.6 is 0 Å². The average Bonchev–Trinajstić information content (AvgIpc) is 3.21. The van der Waals surface area contributed by atoms with E-state index in [1.807, 2.05) is 61.6 Å². The SMILES string of the molecule is CC1OC(O[C@H]2/C=C/C=C/C=C/C=C/C=C/C=C/C=C/[C@H](C)C(O)[C@@H](C)[C@H](C)OC(=O)C[C@H](O)C[C@H](O)C[C@H](O)CC[C@@H](O)C(=O)C[C@]3(O)C[C@H](O)C(C)C(C2)O3)C(O)C(N)C1O. The minimum Gasteiger partial charge on any atom is -0.462 e. The number of rotatable bonds is 2. The Morgan fingerprint density at radius 1 is 0.651 bits per heavy atom. The van der Waals surface area contributed by atoms with E-state index in [4.69, 9.17) is 24.7 Å². The zero-order chi connectivity index (χ0) is 46.9. The van der Waals surface area contributed by atoms with Crippen LogP contribution in [0.1, 0.15) is 86.0 Å². The summed E-state index contributed by atoms with van der Waals surface area (Å²) in [4.78, 5) is 25.8. The van der Waals surface area contributed by atoms with Gasteiger partial charge in [-0.2, -0.15) is 0 Å². The monoisotopic (exact) mass is 891 g/mol. The summed E-state index contributed by atoms with van der Waals surface area (Å²) in [5.74, 6) is -4.97. The predicted molar refractivity (Wildman–Crippen MR) is 234 cm³/mol. The van der Waals surface area contributed by atoms with E-state index in [9.17, 15) is 55.5 Å². The molecular weight excluding hydrogens is 819 g/mol. The predicted octanol–water partition coefficient (Wildman–Crippen LogP) is 1.86. The van der Waals surface area contributed by atoms with Crippen molar-refractivity contribution >= 4 is 11.8 Å². The summed E-state index contributed by atoms with van der Waals surface area (Å²) in [6, 6.07) is -1.06. The molecule has 0 aromatic heterocycles. The standard InChI is InChI=1S/C47H73NO15/c1-28-18-16-14-12-10-8-6-7-9-11-13-15-17-19-36(62-46-45(58)42(48)44(57)32(5)61-46)25-40-30(3)38(53)26-47(59,63-40)27-39(54)37(52)21-20-33(49)22-34(50)23-35(51)24-41(55)60-31(4)29(2)43(28)56/h6-19,28-38,40,42-46,49-53,56-59H,20-27,48H2,1-5H3/b7-6+,10-8+,11-9+,14-12+,15-13+,18-16+,19-17+/t28-,29-,30?,31-,32?,33+,34+,35+,36-,37+,38-,40?,42?,43?,44?,45?,46?,47-/m0/s1. The van der Waals surface area contributed by atoms with E-state index < -0.39 is 128 Å². The molecule has 16 heteroatoms. The van der Waals surface area contributed by atoms with Crippen molar-refractivity contribution in [2.24, 2.45) is 23.5 Å². The Balaban J connectivity index is 1.81. The van der Waals surface area contributed by atoms with Gasteiger partial charge in [0.1, 0.15) is 18.3 Å². The first-order valence-corrected chi connectivity index (χ1v) is 22.0. The summed E-state index contributed by atoms with van der Waals surface area (Å²) in [6.45, 7) is 8.55. The van der Waals surface area contributed by atoms with Crippen molar-refractivity contribution in [1.29, 1.82) is 0 Å². The van der Waals surface area contributed by atoms with Gasteiger partial charge in [-0.05, 0) is 39.5 Å². The molecule has 2 fully saturated rings. The lowest BCUT2D eigenvalue weighted by Crippen LogP contribution is -2.61. The first-order chi connectivity index (χ1) is 29.7. The summed E-state index contributed by atoms with van der Waals surface area (Å²) < 4.78 is 23.4. The number of nitrogens with two attached hydrogens (primary N) is 1. The normalized spacial score (nSPS) is 45.5. The lowest BCUT2D eigenvalue weighted by Gasteiger charge is -2.45. The number of hydrogen-bond acceptors (Lipinski definition) is 16. The van der Waals surface area contributed by atoms with Crippen molar-refractivity contribution in [3.05, 3.63) is 85.1 Å². The van der Waals surface area contributed by atoms with Gasteiger partial charge in [-0.25, -0.2) is 0 Å². The Labute approximate surface area is 371 Å². The number of esters is 1. The van der Waals surface area contributed by atoms with Crippen LogP contribution in [0, 0.1) is 17.8 Å². The van der Waals surface area contributed by atoms with Crippen LogP contribution in [-0.2, 0) is 28.5 Å². The molecule has 0 aromatic carbocycles. The highest BCUT2D eigenvalue weighted by Gasteiger charge is 2.47. The molecule has 3 rings (SSSR count). The van der Waals surface area contributed by atoms with Crippen LogP contribution in [-0.4, -0.2) is 149 Å². The maximum atomic E-state index is 13.2. The molecule has 356 valence electrons. The van der Waals surface area contributed by atoms with Gasteiger partial charge in [-0.15, -0.1) is 0 Å². The third kappa shape index (κ3) is 18.3.